The van der Waals surface area contributed by atoms with Crippen LogP contribution in [0.15, 0.2) is 36.0 Å². The Hall–Kier alpha value is -0.860. The summed E-state index contributed by atoms with van der Waals surface area (Å²) >= 11 is 0. The average molecular weight is 164 g/mol. The predicted octanol–water partition coefficient (Wildman–Crippen LogP) is 2.45. The second kappa shape index (κ2) is 2.88. The van der Waals surface area contributed by atoms with E-state index in [0.29, 0.717) is 0 Å². The summed E-state index contributed by atoms with van der Waals surface area (Å²) in [6.07, 6.45) is 12.7. The lowest BCUT2D eigenvalue weighted by atomic mass is 9.79. The molecule has 12 heavy (non-hydrogen) atoms. The van der Waals surface area contributed by atoms with Crippen LogP contribution in [0.4, 0.5) is 0 Å². The minimum Gasteiger partial charge on any atom is -0.251 e. The van der Waals surface area contributed by atoms with Crippen molar-refractivity contribution in [3.05, 3.63) is 36.0 Å². The van der Waals surface area contributed by atoms with Crippen molar-refractivity contribution < 1.29 is 10.1 Å². The second-order valence-electron chi connectivity index (χ2n) is 3.29. The molecule has 0 fully saturated rings. The van der Waals surface area contributed by atoms with Crippen molar-refractivity contribution in [1.82, 2.24) is 0 Å². The highest BCUT2D eigenvalue weighted by Gasteiger charge is 2.36. The van der Waals surface area contributed by atoms with Crippen LogP contribution < -0.4 is 0 Å². The van der Waals surface area contributed by atoms with E-state index in [1.165, 1.54) is 5.57 Å². The van der Waals surface area contributed by atoms with Gasteiger partial charge in [-0.25, -0.2) is 4.89 Å². The Kier molecular flexibility index (Phi) is 1.87. The third-order valence-corrected chi connectivity index (χ3v) is 2.59. The highest BCUT2D eigenvalue weighted by atomic mass is 17.1. The smallest absolute Gasteiger partial charge is 0.132 e. The lowest BCUT2D eigenvalue weighted by Crippen LogP contribution is -2.35. The summed E-state index contributed by atoms with van der Waals surface area (Å²) in [7, 11) is 0. The first-order valence-corrected chi connectivity index (χ1v) is 4.21. The quantitative estimate of drug-likeness (QED) is 0.366. The number of hydrogen-bond acceptors (Lipinski definition) is 2. The van der Waals surface area contributed by atoms with Crippen molar-refractivity contribution in [2.75, 3.05) is 0 Å². The van der Waals surface area contributed by atoms with Gasteiger partial charge >= 0.3 is 0 Å². The fourth-order valence-electron chi connectivity index (χ4n) is 1.81. The van der Waals surface area contributed by atoms with Crippen LogP contribution in [0.5, 0.6) is 0 Å². The standard InChI is InChI=1S/C10H12O2/c11-12-10-7-3-1-5-9(10)6-2-4-8-10/h1-5,11H,6-8H2. The third-order valence-electron chi connectivity index (χ3n) is 2.59. The Morgan fingerprint density at radius 1 is 1.25 bits per heavy atom. The van der Waals surface area contributed by atoms with Gasteiger partial charge in [-0.15, -0.1) is 0 Å². The van der Waals surface area contributed by atoms with Gasteiger partial charge in [0.25, 0.3) is 0 Å². The van der Waals surface area contributed by atoms with Gasteiger partial charge in [-0.2, -0.15) is 0 Å². The molecule has 0 aliphatic heterocycles. The van der Waals surface area contributed by atoms with Crippen molar-refractivity contribution in [2.45, 2.75) is 24.9 Å². The molecule has 2 aliphatic carbocycles. The third kappa shape index (κ3) is 1.04. The summed E-state index contributed by atoms with van der Waals surface area (Å²) in [5, 5.41) is 8.87. The van der Waals surface area contributed by atoms with Crippen molar-refractivity contribution in [2.24, 2.45) is 0 Å². The summed E-state index contributed by atoms with van der Waals surface area (Å²) in [6, 6.07) is 0. The van der Waals surface area contributed by atoms with E-state index in [-0.39, 0.29) is 0 Å². The molecular formula is C10H12O2. The van der Waals surface area contributed by atoms with E-state index in [1.54, 1.807) is 0 Å². The molecule has 0 amide bonds. The number of allylic oxidation sites excluding steroid dienone is 3. The molecule has 1 atom stereocenters. The summed E-state index contributed by atoms with van der Waals surface area (Å²) in [4.78, 5) is 4.61. The van der Waals surface area contributed by atoms with Gasteiger partial charge in [0, 0.05) is 12.8 Å². The van der Waals surface area contributed by atoms with E-state index in [0.717, 1.165) is 19.3 Å². The number of fused-ring (bicyclic) bond motifs is 1. The van der Waals surface area contributed by atoms with Crippen LogP contribution in [-0.4, -0.2) is 10.9 Å². The number of hydrogen-bond donors (Lipinski definition) is 1. The zero-order valence-electron chi connectivity index (χ0n) is 6.86. The second-order valence-corrected chi connectivity index (χ2v) is 3.29. The number of rotatable bonds is 1. The monoisotopic (exact) mass is 164 g/mol. The topological polar surface area (TPSA) is 29.5 Å². The maximum Gasteiger partial charge on any atom is 0.132 e. The lowest BCUT2D eigenvalue weighted by Gasteiger charge is -2.34. The molecule has 0 aromatic heterocycles. The maximum atomic E-state index is 8.87. The first-order valence-electron chi connectivity index (χ1n) is 4.21. The van der Waals surface area contributed by atoms with Crippen LogP contribution in [0, 0.1) is 0 Å². The van der Waals surface area contributed by atoms with Crippen LogP contribution in [0.25, 0.3) is 0 Å². The molecule has 1 N–H and O–H groups in total. The molecule has 64 valence electrons. The molecule has 2 nitrogen and oxygen atoms in total. The van der Waals surface area contributed by atoms with Crippen molar-refractivity contribution >= 4 is 0 Å². The van der Waals surface area contributed by atoms with E-state index in [2.05, 4.69) is 17.0 Å². The van der Waals surface area contributed by atoms with Crippen LogP contribution >= 0.6 is 0 Å². The summed E-state index contributed by atoms with van der Waals surface area (Å²) in [5.41, 5.74) is 0.735. The highest BCUT2D eigenvalue weighted by molar-refractivity contribution is 5.33. The van der Waals surface area contributed by atoms with E-state index < -0.39 is 5.60 Å². The first-order chi connectivity index (χ1) is 5.87. The van der Waals surface area contributed by atoms with Gasteiger partial charge in [0.2, 0.25) is 0 Å². The molecule has 0 saturated heterocycles. The van der Waals surface area contributed by atoms with E-state index in [9.17, 15) is 0 Å². The summed E-state index contributed by atoms with van der Waals surface area (Å²) in [5.74, 6) is 0. The highest BCUT2D eigenvalue weighted by Crippen LogP contribution is 2.37. The molecule has 0 radical (unpaired) electrons. The van der Waals surface area contributed by atoms with Crippen LogP contribution in [0.1, 0.15) is 19.3 Å². The van der Waals surface area contributed by atoms with E-state index >= 15 is 0 Å². The van der Waals surface area contributed by atoms with Crippen LogP contribution in [0.2, 0.25) is 0 Å². The molecule has 1 unspecified atom stereocenters. The fourth-order valence-corrected chi connectivity index (χ4v) is 1.81. The summed E-state index contributed by atoms with van der Waals surface area (Å²) < 4.78 is 0. The molecule has 2 aliphatic rings. The van der Waals surface area contributed by atoms with Gasteiger partial charge in [-0.1, -0.05) is 30.4 Å². The minimum atomic E-state index is -0.441. The zero-order valence-corrected chi connectivity index (χ0v) is 6.86. The van der Waals surface area contributed by atoms with Crippen molar-refractivity contribution in [3.63, 3.8) is 0 Å². The summed E-state index contributed by atoms with van der Waals surface area (Å²) in [6.45, 7) is 0. The molecule has 2 rings (SSSR count). The van der Waals surface area contributed by atoms with Gasteiger partial charge in [0.1, 0.15) is 5.60 Å². The molecule has 0 heterocycles. The lowest BCUT2D eigenvalue weighted by molar-refractivity contribution is -0.310. The Bertz CT molecular complexity index is 263. The Balaban J connectivity index is 2.34. The van der Waals surface area contributed by atoms with Gasteiger partial charge in [-0.05, 0) is 12.0 Å². The molecule has 0 spiro atoms. The minimum absolute atomic E-state index is 0.441. The molecule has 2 heteroatoms. The van der Waals surface area contributed by atoms with E-state index in [4.69, 9.17) is 5.26 Å². The predicted molar refractivity (Wildman–Crippen MR) is 46.7 cm³/mol. The van der Waals surface area contributed by atoms with Gasteiger partial charge in [0.05, 0.1) is 0 Å². The maximum absolute atomic E-state index is 8.87. The van der Waals surface area contributed by atoms with Gasteiger partial charge < -0.3 is 0 Å². The largest absolute Gasteiger partial charge is 0.251 e. The fraction of sp³-hybridized carbons (Fsp3) is 0.400. The average Bonchev–Trinajstić information content (AvgIpc) is 2.18. The Morgan fingerprint density at radius 3 is 2.83 bits per heavy atom. The molecule has 0 saturated carbocycles. The molecular weight excluding hydrogens is 152 g/mol. The molecule has 0 aromatic rings. The first kappa shape index (κ1) is 7.77. The zero-order chi connectivity index (χ0) is 8.44. The molecule has 0 bridgehead atoms. The normalized spacial score (nSPS) is 32.9. The van der Waals surface area contributed by atoms with E-state index in [1.807, 2.05) is 18.2 Å². The van der Waals surface area contributed by atoms with Crippen molar-refractivity contribution in [3.8, 4) is 0 Å². The Labute approximate surface area is 71.8 Å². The Morgan fingerprint density at radius 2 is 2.08 bits per heavy atom. The van der Waals surface area contributed by atoms with Gasteiger partial charge in [-0.3, -0.25) is 5.26 Å². The SMILES string of the molecule is OOC12CC=CC=C1CC=CC2. The van der Waals surface area contributed by atoms with Crippen LogP contribution in [-0.2, 0) is 4.89 Å². The van der Waals surface area contributed by atoms with Crippen molar-refractivity contribution in [1.29, 1.82) is 0 Å². The molecule has 0 aromatic carbocycles. The van der Waals surface area contributed by atoms with Gasteiger partial charge in [0.15, 0.2) is 0 Å². The van der Waals surface area contributed by atoms with Crippen LogP contribution in [0.3, 0.4) is 0 Å².